The minimum absolute atomic E-state index is 0.0556. The molecule has 2 heterocycles. The molecule has 0 spiro atoms. The van der Waals surface area contributed by atoms with Gasteiger partial charge >= 0.3 is 6.18 Å². The molecule has 1 unspecified atom stereocenters. The van der Waals surface area contributed by atoms with Gasteiger partial charge in [0.2, 0.25) is 0 Å². The maximum absolute atomic E-state index is 13.0. The standard InChI is InChI=1S/C20H14ClF3N2O3/c1-10-6-12-7-11(2-5-17(12)28-10)18-9-16(26-29-18)19(27)25-13-3-4-15(21)14(8-13)20(22,23)24/h2-5,7-10H,6H2,1H3,(H,25,27). The predicted molar refractivity (Wildman–Crippen MR) is 100 cm³/mol. The fourth-order valence-corrected chi connectivity index (χ4v) is 3.33. The highest BCUT2D eigenvalue weighted by atomic mass is 35.5. The van der Waals surface area contributed by atoms with Crippen LogP contribution in [0.2, 0.25) is 5.02 Å². The molecule has 9 heteroatoms. The number of anilines is 1. The number of amides is 1. The molecule has 1 aliphatic heterocycles. The van der Waals surface area contributed by atoms with Crippen LogP contribution in [0, 0.1) is 0 Å². The number of hydrogen-bond donors (Lipinski definition) is 1. The van der Waals surface area contributed by atoms with E-state index >= 15 is 0 Å². The summed E-state index contributed by atoms with van der Waals surface area (Å²) in [4.78, 5) is 12.4. The van der Waals surface area contributed by atoms with Crippen molar-refractivity contribution in [3.05, 3.63) is 64.3 Å². The number of hydrogen-bond acceptors (Lipinski definition) is 4. The lowest BCUT2D eigenvalue weighted by Crippen LogP contribution is -2.13. The molecule has 2 aromatic carbocycles. The Bertz CT molecular complexity index is 1090. The summed E-state index contributed by atoms with van der Waals surface area (Å²) in [7, 11) is 0. The van der Waals surface area contributed by atoms with E-state index in [-0.39, 0.29) is 17.5 Å². The first-order valence-corrected chi connectivity index (χ1v) is 9.03. The van der Waals surface area contributed by atoms with Crippen molar-refractivity contribution < 1.29 is 27.2 Å². The van der Waals surface area contributed by atoms with Gasteiger partial charge in [0.15, 0.2) is 11.5 Å². The maximum atomic E-state index is 13.0. The van der Waals surface area contributed by atoms with Crippen molar-refractivity contribution in [2.75, 3.05) is 5.32 Å². The van der Waals surface area contributed by atoms with E-state index in [1.54, 1.807) is 6.07 Å². The third kappa shape index (κ3) is 3.93. The first kappa shape index (κ1) is 19.3. The molecule has 1 aliphatic rings. The van der Waals surface area contributed by atoms with Gasteiger partial charge in [-0.1, -0.05) is 16.8 Å². The zero-order chi connectivity index (χ0) is 20.8. The van der Waals surface area contributed by atoms with Crippen LogP contribution in [-0.2, 0) is 12.6 Å². The molecule has 0 fully saturated rings. The number of aromatic nitrogens is 1. The number of rotatable bonds is 3. The summed E-state index contributed by atoms with van der Waals surface area (Å²) >= 11 is 5.59. The fourth-order valence-electron chi connectivity index (χ4n) is 3.11. The summed E-state index contributed by atoms with van der Waals surface area (Å²) in [6.07, 6.45) is -3.77. The lowest BCUT2D eigenvalue weighted by Gasteiger charge is -2.11. The first-order chi connectivity index (χ1) is 13.7. The van der Waals surface area contributed by atoms with Crippen LogP contribution >= 0.6 is 11.6 Å². The quantitative estimate of drug-likeness (QED) is 0.597. The normalized spacial score (nSPS) is 15.7. The number of nitrogens with one attached hydrogen (secondary N) is 1. The lowest BCUT2D eigenvalue weighted by molar-refractivity contribution is -0.137. The van der Waals surface area contributed by atoms with Crippen molar-refractivity contribution in [2.45, 2.75) is 25.6 Å². The molecule has 1 atom stereocenters. The number of ether oxygens (including phenoxy) is 1. The summed E-state index contributed by atoms with van der Waals surface area (Å²) in [5.41, 5.74) is 0.595. The minimum atomic E-state index is -4.63. The van der Waals surface area contributed by atoms with E-state index < -0.39 is 22.7 Å². The minimum Gasteiger partial charge on any atom is -0.490 e. The molecule has 5 nitrogen and oxygen atoms in total. The molecule has 0 saturated heterocycles. The Balaban J connectivity index is 1.53. The van der Waals surface area contributed by atoms with Gasteiger partial charge in [-0.15, -0.1) is 0 Å². The highest BCUT2D eigenvalue weighted by molar-refractivity contribution is 6.31. The Morgan fingerprint density at radius 1 is 1.21 bits per heavy atom. The van der Waals surface area contributed by atoms with Crippen LogP contribution < -0.4 is 10.1 Å². The zero-order valence-corrected chi connectivity index (χ0v) is 15.8. The van der Waals surface area contributed by atoms with Crippen molar-refractivity contribution in [3.63, 3.8) is 0 Å². The largest absolute Gasteiger partial charge is 0.490 e. The topological polar surface area (TPSA) is 64.4 Å². The second-order valence-corrected chi connectivity index (χ2v) is 7.09. The predicted octanol–water partition coefficient (Wildman–Crippen LogP) is 5.59. The van der Waals surface area contributed by atoms with E-state index in [0.29, 0.717) is 5.76 Å². The molecule has 29 heavy (non-hydrogen) atoms. The average molecular weight is 423 g/mol. The smallest absolute Gasteiger partial charge is 0.417 e. The van der Waals surface area contributed by atoms with Crippen LogP contribution in [0.5, 0.6) is 5.75 Å². The molecule has 1 N–H and O–H groups in total. The number of nitrogens with zero attached hydrogens (tertiary/aromatic N) is 1. The van der Waals surface area contributed by atoms with Crippen molar-refractivity contribution in [1.82, 2.24) is 5.16 Å². The summed E-state index contributed by atoms with van der Waals surface area (Å²) < 4.78 is 49.8. The average Bonchev–Trinajstić information content (AvgIpc) is 3.27. The molecule has 4 rings (SSSR count). The molecule has 0 aliphatic carbocycles. The van der Waals surface area contributed by atoms with Gasteiger partial charge in [-0.05, 0) is 48.9 Å². The number of fused-ring (bicyclic) bond motifs is 1. The number of halogens is 4. The van der Waals surface area contributed by atoms with Gasteiger partial charge < -0.3 is 14.6 Å². The number of alkyl halides is 3. The fraction of sp³-hybridized carbons (Fsp3) is 0.200. The van der Waals surface area contributed by atoms with E-state index in [2.05, 4.69) is 10.5 Å². The monoisotopic (exact) mass is 422 g/mol. The lowest BCUT2D eigenvalue weighted by atomic mass is 10.1. The Kier molecular flexibility index (Phi) is 4.74. The van der Waals surface area contributed by atoms with Crippen molar-refractivity contribution in [3.8, 4) is 17.1 Å². The molecule has 0 bridgehead atoms. The third-order valence-electron chi connectivity index (χ3n) is 4.45. The maximum Gasteiger partial charge on any atom is 0.417 e. The molecule has 0 radical (unpaired) electrons. The van der Waals surface area contributed by atoms with Crippen molar-refractivity contribution in [2.24, 2.45) is 0 Å². The van der Waals surface area contributed by atoms with Gasteiger partial charge in [-0.25, -0.2) is 0 Å². The number of carbonyl (C=O) groups is 1. The third-order valence-corrected chi connectivity index (χ3v) is 4.78. The molecular weight excluding hydrogens is 409 g/mol. The molecular formula is C20H14ClF3N2O3. The highest BCUT2D eigenvalue weighted by Crippen LogP contribution is 2.36. The molecule has 1 amide bonds. The van der Waals surface area contributed by atoms with Crippen LogP contribution in [0.15, 0.2) is 47.0 Å². The first-order valence-electron chi connectivity index (χ1n) is 8.65. The van der Waals surface area contributed by atoms with Crippen LogP contribution in [0.1, 0.15) is 28.5 Å². The Hall–Kier alpha value is -3.00. The number of benzene rings is 2. The van der Waals surface area contributed by atoms with Gasteiger partial charge in [-0.3, -0.25) is 4.79 Å². The molecule has 0 saturated carbocycles. The van der Waals surface area contributed by atoms with Crippen LogP contribution in [-0.4, -0.2) is 17.2 Å². The highest BCUT2D eigenvalue weighted by Gasteiger charge is 2.33. The van der Waals surface area contributed by atoms with E-state index in [1.165, 1.54) is 12.1 Å². The van der Waals surface area contributed by atoms with Crippen LogP contribution in [0.25, 0.3) is 11.3 Å². The molecule has 3 aromatic rings. The molecule has 1 aromatic heterocycles. The van der Waals surface area contributed by atoms with Gasteiger partial charge in [0, 0.05) is 23.7 Å². The van der Waals surface area contributed by atoms with Crippen molar-refractivity contribution >= 4 is 23.2 Å². The SMILES string of the molecule is CC1Cc2cc(-c3cc(C(=O)Nc4ccc(Cl)c(C(F)(F)F)c4)no3)ccc2O1. The van der Waals surface area contributed by atoms with E-state index in [4.69, 9.17) is 20.9 Å². The van der Waals surface area contributed by atoms with Crippen LogP contribution in [0.4, 0.5) is 18.9 Å². The Labute approximate surface area is 168 Å². The number of carbonyl (C=O) groups excluding carboxylic acids is 1. The van der Waals surface area contributed by atoms with Gasteiger partial charge in [-0.2, -0.15) is 13.2 Å². The van der Waals surface area contributed by atoms with Crippen molar-refractivity contribution in [1.29, 1.82) is 0 Å². The van der Waals surface area contributed by atoms with Crippen LogP contribution in [0.3, 0.4) is 0 Å². The van der Waals surface area contributed by atoms with E-state index in [0.717, 1.165) is 35.4 Å². The second kappa shape index (κ2) is 7.11. The van der Waals surface area contributed by atoms with Gasteiger partial charge in [0.1, 0.15) is 11.9 Å². The van der Waals surface area contributed by atoms with E-state index in [9.17, 15) is 18.0 Å². The summed E-state index contributed by atoms with van der Waals surface area (Å²) in [6.45, 7) is 1.97. The van der Waals surface area contributed by atoms with Gasteiger partial charge in [0.25, 0.3) is 5.91 Å². The summed E-state index contributed by atoms with van der Waals surface area (Å²) in [5, 5.41) is 5.64. The van der Waals surface area contributed by atoms with E-state index in [1.807, 2.05) is 19.1 Å². The summed E-state index contributed by atoms with van der Waals surface area (Å²) in [6, 6.07) is 10.0. The van der Waals surface area contributed by atoms with Gasteiger partial charge in [0.05, 0.1) is 10.6 Å². The molecule has 150 valence electrons. The summed E-state index contributed by atoms with van der Waals surface area (Å²) in [5.74, 6) is 0.472. The zero-order valence-electron chi connectivity index (χ0n) is 15.0. The second-order valence-electron chi connectivity index (χ2n) is 6.68. The Morgan fingerprint density at radius 3 is 2.76 bits per heavy atom. The Morgan fingerprint density at radius 2 is 2.00 bits per heavy atom.